The fourth-order valence-electron chi connectivity index (χ4n) is 3.19. The minimum atomic E-state index is -0.366. The van der Waals surface area contributed by atoms with Gasteiger partial charge in [-0.25, -0.2) is 0 Å². The molecule has 2 amide bonds. The van der Waals surface area contributed by atoms with Crippen molar-refractivity contribution >= 4 is 34.5 Å². The average Bonchev–Trinajstić information content (AvgIpc) is 3.38. The number of nitrogens with zero attached hydrogens (tertiary/aromatic N) is 3. The van der Waals surface area contributed by atoms with Crippen molar-refractivity contribution in [2.75, 3.05) is 10.6 Å². The Morgan fingerprint density at radius 1 is 0.871 bits per heavy atom. The zero-order valence-corrected chi connectivity index (χ0v) is 18.2. The van der Waals surface area contributed by atoms with Gasteiger partial charge in [-0.15, -0.1) is 16.4 Å². The lowest BCUT2D eigenvalue weighted by Crippen LogP contribution is -2.15. The molecule has 2 aromatic carbocycles. The number of anilines is 2. The van der Waals surface area contributed by atoms with Gasteiger partial charge in [-0.2, -0.15) is 9.90 Å². The number of hydrogen-bond acceptors (Lipinski definition) is 5. The Morgan fingerprint density at radius 3 is 2.29 bits per heavy atom. The lowest BCUT2D eigenvalue weighted by atomic mass is 10.1. The minimum absolute atomic E-state index is 0.189. The van der Waals surface area contributed by atoms with Crippen LogP contribution in [-0.2, 0) is 0 Å². The number of hydrogen-bond donors (Lipinski definition) is 2. The van der Waals surface area contributed by atoms with Gasteiger partial charge >= 0.3 is 0 Å². The number of benzene rings is 2. The first-order valence-corrected chi connectivity index (χ1v) is 10.6. The van der Waals surface area contributed by atoms with Crippen LogP contribution in [0, 0.1) is 20.8 Å². The molecule has 4 rings (SSSR count). The molecule has 2 N–H and O–H groups in total. The molecule has 0 spiro atoms. The highest BCUT2D eigenvalue weighted by Gasteiger charge is 2.18. The van der Waals surface area contributed by atoms with Crippen molar-refractivity contribution in [1.29, 1.82) is 0 Å². The molecule has 0 bridgehead atoms. The van der Waals surface area contributed by atoms with Crippen molar-refractivity contribution in [3.63, 3.8) is 0 Å². The number of carbonyl (C=O) groups is 2. The van der Waals surface area contributed by atoms with Crippen LogP contribution in [0.5, 0.6) is 0 Å². The molecule has 0 aliphatic carbocycles. The molecule has 7 nitrogen and oxygen atoms in total. The molecule has 8 heteroatoms. The number of aromatic nitrogens is 3. The Balaban J connectivity index is 1.51. The van der Waals surface area contributed by atoms with Crippen LogP contribution >= 0.6 is 11.3 Å². The van der Waals surface area contributed by atoms with Crippen molar-refractivity contribution in [1.82, 2.24) is 15.0 Å². The molecule has 0 unspecified atom stereocenters. The van der Waals surface area contributed by atoms with Gasteiger partial charge in [-0.3, -0.25) is 9.59 Å². The average molecular weight is 432 g/mol. The first kappa shape index (κ1) is 20.5. The Kier molecular flexibility index (Phi) is 5.64. The second kappa shape index (κ2) is 8.53. The van der Waals surface area contributed by atoms with Gasteiger partial charge in [-0.1, -0.05) is 29.8 Å². The van der Waals surface area contributed by atoms with E-state index in [0.717, 1.165) is 16.8 Å². The summed E-state index contributed by atoms with van der Waals surface area (Å²) in [6.07, 6.45) is 0. The largest absolute Gasteiger partial charge is 0.321 e. The van der Waals surface area contributed by atoms with E-state index in [9.17, 15) is 9.59 Å². The maximum Gasteiger partial charge on any atom is 0.278 e. The molecule has 2 heterocycles. The molecule has 0 saturated heterocycles. The van der Waals surface area contributed by atoms with Crippen LogP contribution in [0.25, 0.3) is 5.69 Å². The normalized spacial score (nSPS) is 10.7. The highest BCUT2D eigenvalue weighted by atomic mass is 32.1. The van der Waals surface area contributed by atoms with E-state index in [1.165, 1.54) is 16.1 Å². The fraction of sp³-hybridized carbons (Fsp3) is 0.130. The molecular weight excluding hydrogens is 410 g/mol. The van der Waals surface area contributed by atoms with E-state index in [4.69, 9.17) is 0 Å². The molecule has 2 aromatic heterocycles. The van der Waals surface area contributed by atoms with Crippen molar-refractivity contribution in [3.05, 3.63) is 87.4 Å². The number of rotatable bonds is 5. The van der Waals surface area contributed by atoms with Crippen molar-refractivity contribution in [2.45, 2.75) is 20.8 Å². The molecule has 0 aliphatic rings. The van der Waals surface area contributed by atoms with Crippen molar-refractivity contribution < 1.29 is 9.59 Å². The van der Waals surface area contributed by atoms with Gasteiger partial charge in [0.25, 0.3) is 11.8 Å². The van der Waals surface area contributed by atoms with Gasteiger partial charge in [0.15, 0.2) is 5.69 Å². The maximum absolute atomic E-state index is 12.8. The summed E-state index contributed by atoms with van der Waals surface area (Å²) < 4.78 is 0. The molecule has 156 valence electrons. The zero-order valence-electron chi connectivity index (χ0n) is 17.3. The summed E-state index contributed by atoms with van der Waals surface area (Å²) in [6.45, 7) is 5.75. The summed E-state index contributed by atoms with van der Waals surface area (Å²) in [6, 6.07) is 16.5. The molecule has 4 aromatic rings. The van der Waals surface area contributed by atoms with E-state index in [1.54, 1.807) is 37.3 Å². The number of aryl methyl sites for hydroxylation is 3. The first-order chi connectivity index (χ1) is 14.9. The Bertz CT molecular complexity index is 1260. The van der Waals surface area contributed by atoms with E-state index < -0.39 is 0 Å². The van der Waals surface area contributed by atoms with Gasteiger partial charge in [-0.05, 0) is 62.0 Å². The van der Waals surface area contributed by atoms with Crippen LogP contribution in [0.15, 0.2) is 60.0 Å². The molecule has 31 heavy (non-hydrogen) atoms. The predicted molar refractivity (Wildman–Crippen MR) is 122 cm³/mol. The maximum atomic E-state index is 12.8. The van der Waals surface area contributed by atoms with Crippen molar-refractivity contribution in [2.24, 2.45) is 0 Å². The Hall–Kier alpha value is -3.78. The van der Waals surface area contributed by atoms with Gasteiger partial charge in [0.05, 0.1) is 16.3 Å². The van der Waals surface area contributed by atoms with E-state index in [-0.39, 0.29) is 17.5 Å². The van der Waals surface area contributed by atoms with Gasteiger partial charge in [0.2, 0.25) is 0 Å². The van der Waals surface area contributed by atoms with Gasteiger partial charge in [0, 0.05) is 11.4 Å². The third-order valence-corrected chi connectivity index (χ3v) is 5.56. The van der Waals surface area contributed by atoms with Crippen molar-refractivity contribution in [3.8, 4) is 5.69 Å². The molecule has 0 atom stereocenters. The second-order valence-corrected chi connectivity index (χ2v) is 8.13. The third-order valence-electron chi connectivity index (χ3n) is 4.69. The standard InChI is InChI=1S/C23H21N5O2S/c1-14-9-10-19(15(2)12-14)28-26-16(3)21(27-28)23(30)25-18-7-4-6-17(13-18)24-22(29)20-8-5-11-31-20/h4-13H,1-3H3,(H,24,29)(H,25,30). The van der Waals surface area contributed by atoms with E-state index in [0.29, 0.717) is 21.9 Å². The number of amides is 2. The number of nitrogens with one attached hydrogen (secondary N) is 2. The summed E-state index contributed by atoms with van der Waals surface area (Å²) in [7, 11) is 0. The molecule has 0 saturated carbocycles. The number of thiophene rings is 1. The summed E-state index contributed by atoms with van der Waals surface area (Å²) in [4.78, 5) is 27.2. The molecule has 0 aliphatic heterocycles. The molecule has 0 radical (unpaired) electrons. The smallest absolute Gasteiger partial charge is 0.278 e. The van der Waals surface area contributed by atoms with Gasteiger partial charge in [0.1, 0.15) is 0 Å². The van der Waals surface area contributed by atoms with Crippen LogP contribution in [0.2, 0.25) is 0 Å². The Labute approximate surface area is 183 Å². The quantitative estimate of drug-likeness (QED) is 0.477. The molecular formula is C23H21N5O2S. The van der Waals surface area contributed by atoms with Crippen LogP contribution in [0.3, 0.4) is 0 Å². The zero-order chi connectivity index (χ0) is 22.0. The van der Waals surface area contributed by atoms with Crippen LogP contribution < -0.4 is 10.6 Å². The SMILES string of the molecule is Cc1ccc(-n2nc(C)c(C(=O)Nc3cccc(NC(=O)c4cccs4)c3)n2)c(C)c1. The fourth-order valence-corrected chi connectivity index (χ4v) is 3.81. The van der Waals surface area contributed by atoms with E-state index in [1.807, 2.05) is 43.5 Å². The summed E-state index contributed by atoms with van der Waals surface area (Å²) >= 11 is 1.37. The predicted octanol–water partition coefficient (Wildman–Crippen LogP) is 4.76. The second-order valence-electron chi connectivity index (χ2n) is 7.18. The molecule has 0 fully saturated rings. The minimum Gasteiger partial charge on any atom is -0.321 e. The van der Waals surface area contributed by atoms with Crippen LogP contribution in [-0.4, -0.2) is 26.8 Å². The van der Waals surface area contributed by atoms with Gasteiger partial charge < -0.3 is 10.6 Å². The monoisotopic (exact) mass is 431 g/mol. The topological polar surface area (TPSA) is 88.9 Å². The summed E-state index contributed by atoms with van der Waals surface area (Å²) in [5.41, 5.74) is 4.91. The summed E-state index contributed by atoms with van der Waals surface area (Å²) in [5.74, 6) is -0.555. The van der Waals surface area contributed by atoms with Crippen LogP contribution in [0.4, 0.5) is 11.4 Å². The first-order valence-electron chi connectivity index (χ1n) is 9.68. The third kappa shape index (κ3) is 4.54. The van der Waals surface area contributed by atoms with Crippen LogP contribution in [0.1, 0.15) is 37.0 Å². The summed E-state index contributed by atoms with van der Waals surface area (Å²) in [5, 5.41) is 16.3. The van der Waals surface area contributed by atoms with E-state index in [2.05, 4.69) is 20.8 Å². The highest BCUT2D eigenvalue weighted by Crippen LogP contribution is 2.19. The van der Waals surface area contributed by atoms with E-state index >= 15 is 0 Å². The Morgan fingerprint density at radius 2 is 1.61 bits per heavy atom. The lowest BCUT2D eigenvalue weighted by Gasteiger charge is -2.08. The lowest BCUT2D eigenvalue weighted by molar-refractivity contribution is 0.101. The highest BCUT2D eigenvalue weighted by molar-refractivity contribution is 7.12. The number of carbonyl (C=O) groups excluding carboxylic acids is 2.